The van der Waals surface area contributed by atoms with Crippen molar-refractivity contribution >= 4 is 11.4 Å². The van der Waals surface area contributed by atoms with Gasteiger partial charge in [-0.15, -0.1) is 0 Å². The molecule has 0 saturated carbocycles. The summed E-state index contributed by atoms with van der Waals surface area (Å²) in [6.45, 7) is 4.15. The van der Waals surface area contributed by atoms with Gasteiger partial charge in [0.25, 0.3) is 0 Å². The smallest absolute Gasteiger partial charge is 0.0624 e. The molecule has 0 unspecified atom stereocenters. The monoisotopic (exact) mass is 213 g/mol. The topological polar surface area (TPSA) is 29.0 Å². The van der Waals surface area contributed by atoms with Crippen molar-refractivity contribution < 1.29 is 0 Å². The summed E-state index contributed by atoms with van der Waals surface area (Å²) in [5, 5.41) is 0. The lowest BCUT2D eigenvalue weighted by molar-refractivity contribution is 1.12. The van der Waals surface area contributed by atoms with Crippen LogP contribution in [0.5, 0.6) is 0 Å². The first-order valence-electron chi connectivity index (χ1n) is 5.25. The number of hydrogen-bond acceptors (Lipinski definition) is 3. The standard InChI is InChI=1S/C13H15N3/c1-10-4-6-15-9-13(10)16(3)12-5-7-14-8-11(12)2/h4-9H,1-3H3. The number of pyridine rings is 2. The van der Waals surface area contributed by atoms with Crippen LogP contribution in [-0.2, 0) is 0 Å². The van der Waals surface area contributed by atoms with Gasteiger partial charge >= 0.3 is 0 Å². The van der Waals surface area contributed by atoms with E-state index < -0.39 is 0 Å². The number of aromatic nitrogens is 2. The summed E-state index contributed by atoms with van der Waals surface area (Å²) in [4.78, 5) is 10.4. The van der Waals surface area contributed by atoms with Crippen molar-refractivity contribution in [2.24, 2.45) is 0 Å². The Bertz CT molecular complexity index is 449. The molecule has 2 rings (SSSR count). The molecule has 0 bridgehead atoms. The van der Waals surface area contributed by atoms with E-state index in [9.17, 15) is 0 Å². The molecule has 0 aliphatic rings. The molecule has 0 radical (unpaired) electrons. The molecule has 0 saturated heterocycles. The van der Waals surface area contributed by atoms with Gasteiger partial charge in [0.05, 0.1) is 11.9 Å². The van der Waals surface area contributed by atoms with Crippen molar-refractivity contribution in [3.05, 3.63) is 48.0 Å². The number of nitrogens with zero attached hydrogens (tertiary/aromatic N) is 3. The number of rotatable bonds is 2. The van der Waals surface area contributed by atoms with Crippen LogP contribution in [0.4, 0.5) is 11.4 Å². The summed E-state index contributed by atoms with van der Waals surface area (Å²) in [5.74, 6) is 0. The van der Waals surface area contributed by atoms with Crippen molar-refractivity contribution in [3.63, 3.8) is 0 Å². The van der Waals surface area contributed by atoms with E-state index in [4.69, 9.17) is 0 Å². The SMILES string of the molecule is Cc1cnccc1N(C)c1cnccc1C. The molecule has 0 aliphatic carbocycles. The highest BCUT2D eigenvalue weighted by atomic mass is 15.1. The van der Waals surface area contributed by atoms with E-state index >= 15 is 0 Å². The minimum atomic E-state index is 1.12. The molecule has 82 valence electrons. The first-order valence-corrected chi connectivity index (χ1v) is 5.25. The van der Waals surface area contributed by atoms with Gasteiger partial charge in [0.1, 0.15) is 0 Å². The zero-order chi connectivity index (χ0) is 11.5. The molecule has 2 heterocycles. The van der Waals surface area contributed by atoms with Crippen LogP contribution in [0.1, 0.15) is 11.1 Å². The lowest BCUT2D eigenvalue weighted by atomic mass is 10.2. The van der Waals surface area contributed by atoms with Crippen LogP contribution in [-0.4, -0.2) is 17.0 Å². The highest BCUT2D eigenvalue weighted by Crippen LogP contribution is 2.27. The van der Waals surface area contributed by atoms with Crippen LogP contribution in [0.15, 0.2) is 36.9 Å². The van der Waals surface area contributed by atoms with Gasteiger partial charge in [0.2, 0.25) is 0 Å². The number of hydrogen-bond donors (Lipinski definition) is 0. The predicted molar refractivity (Wildman–Crippen MR) is 66.0 cm³/mol. The maximum absolute atomic E-state index is 4.16. The minimum Gasteiger partial charge on any atom is -0.343 e. The van der Waals surface area contributed by atoms with E-state index in [1.165, 1.54) is 5.56 Å². The van der Waals surface area contributed by atoms with Gasteiger partial charge in [0, 0.05) is 31.3 Å². The largest absolute Gasteiger partial charge is 0.343 e. The summed E-state index contributed by atoms with van der Waals surface area (Å²) in [7, 11) is 2.05. The maximum Gasteiger partial charge on any atom is 0.0624 e. The Balaban J connectivity index is 2.44. The highest BCUT2D eigenvalue weighted by molar-refractivity contribution is 5.66. The maximum atomic E-state index is 4.16. The molecule has 2 aromatic rings. The van der Waals surface area contributed by atoms with Crippen molar-refractivity contribution in [2.75, 3.05) is 11.9 Å². The second kappa shape index (κ2) is 4.31. The second-order valence-corrected chi connectivity index (χ2v) is 3.88. The average molecular weight is 213 g/mol. The van der Waals surface area contributed by atoms with E-state index in [1.807, 2.05) is 44.0 Å². The molecule has 0 spiro atoms. The Hall–Kier alpha value is -1.90. The van der Waals surface area contributed by atoms with Crippen molar-refractivity contribution in [1.82, 2.24) is 9.97 Å². The van der Waals surface area contributed by atoms with Gasteiger partial charge < -0.3 is 4.90 Å². The average Bonchev–Trinajstić information content (AvgIpc) is 2.29. The molecular formula is C13H15N3. The Morgan fingerprint density at radius 2 is 1.56 bits per heavy atom. The Morgan fingerprint density at radius 3 is 2.25 bits per heavy atom. The zero-order valence-corrected chi connectivity index (χ0v) is 9.81. The quantitative estimate of drug-likeness (QED) is 0.768. The van der Waals surface area contributed by atoms with Crippen molar-refractivity contribution in [2.45, 2.75) is 13.8 Å². The molecule has 3 heteroatoms. The third-order valence-electron chi connectivity index (χ3n) is 2.72. The van der Waals surface area contributed by atoms with Crippen molar-refractivity contribution in [1.29, 1.82) is 0 Å². The molecular weight excluding hydrogens is 198 g/mol. The lowest BCUT2D eigenvalue weighted by Crippen LogP contribution is -2.12. The second-order valence-electron chi connectivity index (χ2n) is 3.88. The summed E-state index contributed by atoms with van der Waals surface area (Å²) in [6, 6.07) is 4.03. The molecule has 2 aromatic heterocycles. The first kappa shape index (κ1) is 10.6. The molecule has 0 atom stereocenters. The molecule has 0 amide bonds. The summed E-state index contributed by atoms with van der Waals surface area (Å²) < 4.78 is 0. The molecule has 16 heavy (non-hydrogen) atoms. The molecule has 0 fully saturated rings. The summed E-state index contributed by atoms with van der Waals surface area (Å²) in [5.41, 5.74) is 4.66. The molecule has 0 aromatic carbocycles. The third kappa shape index (κ3) is 1.89. The number of anilines is 2. The lowest BCUT2D eigenvalue weighted by Gasteiger charge is -2.22. The Kier molecular flexibility index (Phi) is 2.86. The predicted octanol–water partition coefficient (Wildman–Crippen LogP) is 2.86. The van der Waals surface area contributed by atoms with E-state index in [-0.39, 0.29) is 0 Å². The Morgan fingerprint density at radius 1 is 0.875 bits per heavy atom. The summed E-state index contributed by atoms with van der Waals surface area (Å²) >= 11 is 0. The van der Waals surface area contributed by atoms with E-state index in [0.29, 0.717) is 0 Å². The number of aryl methyl sites for hydroxylation is 2. The van der Waals surface area contributed by atoms with Crippen molar-refractivity contribution in [3.8, 4) is 0 Å². The van der Waals surface area contributed by atoms with E-state index in [1.54, 1.807) is 0 Å². The minimum absolute atomic E-state index is 1.12. The van der Waals surface area contributed by atoms with Crippen LogP contribution < -0.4 is 4.90 Å². The fourth-order valence-corrected chi connectivity index (χ4v) is 1.78. The van der Waals surface area contributed by atoms with E-state index in [0.717, 1.165) is 16.9 Å². The fourth-order valence-electron chi connectivity index (χ4n) is 1.78. The van der Waals surface area contributed by atoms with Gasteiger partial charge in [0.15, 0.2) is 0 Å². The van der Waals surface area contributed by atoms with Crippen LogP contribution in [0.25, 0.3) is 0 Å². The molecule has 0 aliphatic heterocycles. The molecule has 0 N–H and O–H groups in total. The van der Waals surface area contributed by atoms with E-state index in [2.05, 4.69) is 28.7 Å². The van der Waals surface area contributed by atoms with Gasteiger partial charge in [-0.1, -0.05) is 0 Å². The highest BCUT2D eigenvalue weighted by Gasteiger charge is 2.08. The normalized spacial score (nSPS) is 10.2. The van der Waals surface area contributed by atoms with Gasteiger partial charge in [-0.25, -0.2) is 0 Å². The van der Waals surface area contributed by atoms with Crippen LogP contribution in [0.3, 0.4) is 0 Å². The Labute approximate surface area is 95.8 Å². The fraction of sp³-hybridized carbons (Fsp3) is 0.231. The first-order chi connectivity index (χ1) is 7.70. The van der Waals surface area contributed by atoms with Gasteiger partial charge in [-0.2, -0.15) is 0 Å². The van der Waals surface area contributed by atoms with Gasteiger partial charge in [-0.05, 0) is 37.1 Å². The van der Waals surface area contributed by atoms with Crippen LogP contribution >= 0.6 is 0 Å². The molecule has 3 nitrogen and oxygen atoms in total. The summed E-state index contributed by atoms with van der Waals surface area (Å²) in [6.07, 6.45) is 7.38. The third-order valence-corrected chi connectivity index (χ3v) is 2.72. The van der Waals surface area contributed by atoms with Crippen LogP contribution in [0, 0.1) is 13.8 Å². The zero-order valence-electron chi connectivity index (χ0n) is 9.81. The van der Waals surface area contributed by atoms with Crippen LogP contribution in [0.2, 0.25) is 0 Å². The van der Waals surface area contributed by atoms with Gasteiger partial charge in [-0.3, -0.25) is 9.97 Å².